The topological polar surface area (TPSA) is 55.5 Å². The zero-order chi connectivity index (χ0) is 8.97. The number of nitrogen functional groups attached to an aromatic ring is 1. The highest BCUT2D eigenvalue weighted by molar-refractivity contribution is 7.78. The van der Waals surface area contributed by atoms with Crippen molar-refractivity contribution >= 4 is 29.0 Å². The first-order chi connectivity index (χ1) is 5.75. The van der Waals surface area contributed by atoms with E-state index in [2.05, 4.69) is 17.2 Å². The minimum absolute atomic E-state index is 0.356. The predicted octanol–water partition coefficient (Wildman–Crippen LogP) is 1.51. The average molecular weight is 178 g/mol. The van der Waals surface area contributed by atoms with Crippen molar-refractivity contribution in [2.75, 3.05) is 5.73 Å². The van der Waals surface area contributed by atoms with Crippen LogP contribution in [0.1, 0.15) is 10.4 Å². The highest BCUT2D eigenvalue weighted by Gasteiger charge is 2.05. The molecule has 0 heterocycles. The molecule has 1 amide bonds. The summed E-state index contributed by atoms with van der Waals surface area (Å²) in [6, 6.07) is 6.68. The van der Waals surface area contributed by atoms with Crippen LogP contribution < -0.4 is 5.73 Å². The smallest absolute Gasteiger partial charge is 0.287 e. The van der Waals surface area contributed by atoms with Crippen LogP contribution >= 0.6 is 12.2 Å². The number of para-hydroxylation sites is 1. The van der Waals surface area contributed by atoms with Gasteiger partial charge >= 0.3 is 0 Å². The van der Waals surface area contributed by atoms with E-state index in [1.807, 2.05) is 5.16 Å². The molecule has 1 aromatic carbocycles. The van der Waals surface area contributed by atoms with Gasteiger partial charge in [-0.25, -0.2) is 0 Å². The van der Waals surface area contributed by atoms with Gasteiger partial charge < -0.3 is 5.73 Å². The Kier molecular flexibility index (Phi) is 2.69. The molecule has 1 aromatic rings. The van der Waals surface area contributed by atoms with E-state index in [-0.39, 0.29) is 0 Å². The van der Waals surface area contributed by atoms with Gasteiger partial charge in [0.15, 0.2) is 0 Å². The van der Waals surface area contributed by atoms with Gasteiger partial charge in [0.1, 0.15) is 0 Å². The molecule has 0 saturated carbocycles. The maximum Gasteiger partial charge on any atom is 0.287 e. The lowest BCUT2D eigenvalue weighted by Crippen LogP contribution is -1.99. The lowest BCUT2D eigenvalue weighted by molar-refractivity contribution is 0.100. The van der Waals surface area contributed by atoms with Crippen LogP contribution in [-0.2, 0) is 0 Å². The van der Waals surface area contributed by atoms with E-state index < -0.39 is 5.91 Å². The number of amides is 1. The van der Waals surface area contributed by atoms with Crippen molar-refractivity contribution in [3.63, 3.8) is 0 Å². The van der Waals surface area contributed by atoms with Gasteiger partial charge in [-0.15, -0.1) is 0 Å². The number of nitrogens with zero attached hydrogens (tertiary/aromatic N) is 1. The van der Waals surface area contributed by atoms with Crippen molar-refractivity contribution in [1.82, 2.24) is 0 Å². The van der Waals surface area contributed by atoms with Crippen molar-refractivity contribution in [1.29, 1.82) is 0 Å². The van der Waals surface area contributed by atoms with Crippen LogP contribution in [0.25, 0.3) is 0 Å². The quantitative estimate of drug-likeness (QED) is 0.403. The fourth-order valence-corrected chi connectivity index (χ4v) is 0.876. The number of hydrogen-bond donors (Lipinski definition) is 1. The Morgan fingerprint density at radius 3 is 2.75 bits per heavy atom. The van der Waals surface area contributed by atoms with E-state index in [4.69, 9.17) is 5.73 Å². The molecule has 12 heavy (non-hydrogen) atoms. The number of carbonyl (C=O) groups is 1. The molecule has 0 atom stereocenters. The summed E-state index contributed by atoms with van der Waals surface area (Å²) in [6.45, 7) is 0. The monoisotopic (exact) mass is 178 g/mol. The number of anilines is 1. The fourth-order valence-electron chi connectivity index (χ4n) is 0.793. The van der Waals surface area contributed by atoms with Crippen molar-refractivity contribution < 1.29 is 4.79 Å². The molecule has 1 rings (SSSR count). The molecule has 60 valence electrons. The molecule has 0 aliphatic carbocycles. The SMILES string of the molecule is Nc1ccccc1C(=O)N=C=S. The van der Waals surface area contributed by atoms with Crippen LogP contribution in [0.3, 0.4) is 0 Å². The standard InChI is InChI=1S/C8H6N2OS/c9-7-4-2-1-3-6(7)8(11)10-5-12/h1-4H,9H2. The fraction of sp³-hybridized carbons (Fsp3) is 0. The van der Waals surface area contributed by atoms with E-state index in [0.717, 1.165) is 0 Å². The number of thiocarbonyl (C=S) groups is 1. The molecule has 0 aromatic heterocycles. The second kappa shape index (κ2) is 3.76. The Morgan fingerprint density at radius 2 is 2.17 bits per heavy atom. The van der Waals surface area contributed by atoms with Gasteiger partial charge in [0.25, 0.3) is 5.91 Å². The van der Waals surface area contributed by atoms with Gasteiger partial charge in [0.2, 0.25) is 0 Å². The summed E-state index contributed by atoms with van der Waals surface area (Å²) in [6.07, 6.45) is 0. The van der Waals surface area contributed by atoms with Crippen molar-refractivity contribution in [3.05, 3.63) is 29.8 Å². The maximum absolute atomic E-state index is 11.1. The van der Waals surface area contributed by atoms with Crippen LogP contribution in [-0.4, -0.2) is 11.1 Å². The number of carbonyl (C=O) groups excluding carboxylic acids is 1. The lowest BCUT2D eigenvalue weighted by atomic mass is 10.2. The summed E-state index contributed by atoms with van der Waals surface area (Å²) in [4.78, 5) is 14.4. The Labute approximate surface area is 74.9 Å². The molecular formula is C8H6N2OS. The molecule has 0 fully saturated rings. The first-order valence-corrected chi connectivity index (χ1v) is 3.63. The third-order valence-electron chi connectivity index (χ3n) is 1.34. The zero-order valence-corrected chi connectivity index (χ0v) is 6.97. The minimum Gasteiger partial charge on any atom is -0.398 e. The summed E-state index contributed by atoms with van der Waals surface area (Å²) in [5, 5.41) is 2.00. The third-order valence-corrected chi connectivity index (χ3v) is 1.43. The highest BCUT2D eigenvalue weighted by atomic mass is 32.1. The maximum atomic E-state index is 11.1. The number of rotatable bonds is 1. The predicted molar refractivity (Wildman–Crippen MR) is 50.2 cm³/mol. The molecule has 4 heteroatoms. The average Bonchev–Trinajstić information content (AvgIpc) is 2.05. The van der Waals surface area contributed by atoms with E-state index in [1.54, 1.807) is 24.3 Å². The second-order valence-corrected chi connectivity index (χ2v) is 2.28. The first-order valence-electron chi connectivity index (χ1n) is 3.22. The minimum atomic E-state index is -0.455. The number of nitrogens with two attached hydrogens (primary N) is 1. The molecule has 0 saturated heterocycles. The molecule has 0 spiro atoms. The molecule has 3 nitrogen and oxygen atoms in total. The Balaban J connectivity index is 3.11. The number of hydrogen-bond acceptors (Lipinski definition) is 3. The van der Waals surface area contributed by atoms with E-state index in [0.29, 0.717) is 11.3 Å². The Bertz CT molecular complexity index is 356. The number of benzene rings is 1. The van der Waals surface area contributed by atoms with Gasteiger partial charge in [-0.05, 0) is 24.4 Å². The van der Waals surface area contributed by atoms with Gasteiger partial charge in [-0.3, -0.25) is 4.79 Å². The van der Waals surface area contributed by atoms with Crippen LogP contribution in [0.2, 0.25) is 0 Å². The number of aliphatic imine (C=N–C) groups is 1. The van der Waals surface area contributed by atoms with Crippen molar-refractivity contribution in [3.8, 4) is 0 Å². The lowest BCUT2D eigenvalue weighted by Gasteiger charge is -1.97. The molecule has 0 bridgehead atoms. The largest absolute Gasteiger partial charge is 0.398 e. The van der Waals surface area contributed by atoms with Gasteiger partial charge in [0, 0.05) is 5.69 Å². The van der Waals surface area contributed by atoms with Crippen molar-refractivity contribution in [2.24, 2.45) is 4.99 Å². The molecule has 2 N–H and O–H groups in total. The summed E-state index contributed by atoms with van der Waals surface area (Å²) < 4.78 is 0. The Hall–Kier alpha value is -1.51. The van der Waals surface area contributed by atoms with Crippen molar-refractivity contribution in [2.45, 2.75) is 0 Å². The van der Waals surface area contributed by atoms with Crippen LogP contribution in [0.15, 0.2) is 29.3 Å². The first kappa shape index (κ1) is 8.59. The Morgan fingerprint density at radius 1 is 1.50 bits per heavy atom. The highest BCUT2D eigenvalue weighted by Crippen LogP contribution is 2.10. The molecular weight excluding hydrogens is 172 g/mol. The summed E-state index contributed by atoms with van der Waals surface area (Å²) in [5.41, 5.74) is 6.26. The summed E-state index contributed by atoms with van der Waals surface area (Å²) in [5.74, 6) is -0.455. The molecule has 0 radical (unpaired) electrons. The summed E-state index contributed by atoms with van der Waals surface area (Å²) in [7, 11) is 0. The molecule has 0 aliphatic heterocycles. The zero-order valence-electron chi connectivity index (χ0n) is 6.15. The van der Waals surface area contributed by atoms with Crippen LogP contribution in [0, 0.1) is 0 Å². The van der Waals surface area contributed by atoms with Crippen LogP contribution in [0.4, 0.5) is 5.69 Å². The normalized spacial score (nSPS) is 8.67. The van der Waals surface area contributed by atoms with E-state index in [1.165, 1.54) is 0 Å². The van der Waals surface area contributed by atoms with Crippen LogP contribution in [0.5, 0.6) is 0 Å². The summed E-state index contributed by atoms with van der Waals surface area (Å²) >= 11 is 4.29. The van der Waals surface area contributed by atoms with Gasteiger partial charge in [-0.2, -0.15) is 4.99 Å². The number of isothiocyanates is 1. The second-order valence-electron chi connectivity index (χ2n) is 2.10. The molecule has 0 aliphatic rings. The molecule has 0 unspecified atom stereocenters. The third kappa shape index (κ3) is 1.75. The van der Waals surface area contributed by atoms with Gasteiger partial charge in [-0.1, -0.05) is 12.1 Å². The van der Waals surface area contributed by atoms with Gasteiger partial charge in [0.05, 0.1) is 10.7 Å². The van der Waals surface area contributed by atoms with E-state index in [9.17, 15) is 4.79 Å². The van der Waals surface area contributed by atoms with E-state index >= 15 is 0 Å².